The molecule has 1 aromatic carbocycles. The molecule has 2 nitrogen and oxygen atoms in total. The highest BCUT2D eigenvalue weighted by Gasteiger charge is 2.32. The Morgan fingerprint density at radius 1 is 1.24 bits per heavy atom. The first-order valence-electron chi connectivity index (χ1n) is 6.22. The average molecular weight is 230 g/mol. The predicted molar refractivity (Wildman–Crippen MR) is 67.6 cm³/mol. The maximum atomic E-state index is 11.4. The van der Waals surface area contributed by atoms with Crippen molar-refractivity contribution in [2.24, 2.45) is 5.92 Å². The van der Waals surface area contributed by atoms with Crippen LogP contribution in [0, 0.1) is 5.92 Å². The molecule has 1 atom stereocenters. The summed E-state index contributed by atoms with van der Waals surface area (Å²) in [5.41, 5.74) is 2.61. The molecule has 0 radical (unpaired) electrons. The molecule has 0 amide bonds. The Hall–Kier alpha value is -1.57. The summed E-state index contributed by atoms with van der Waals surface area (Å²) in [5, 5.41) is 0. The van der Waals surface area contributed by atoms with E-state index in [-0.39, 0.29) is 11.9 Å². The second kappa shape index (κ2) is 5.67. The third-order valence-electron chi connectivity index (χ3n) is 2.99. The van der Waals surface area contributed by atoms with Crippen LogP contribution in [0.4, 0.5) is 0 Å². The first kappa shape index (κ1) is 11.9. The molecule has 0 spiro atoms. The molecule has 90 valence electrons. The van der Waals surface area contributed by atoms with E-state index in [2.05, 4.69) is 24.3 Å². The average Bonchev–Trinajstić information content (AvgIpc) is 3.10. The van der Waals surface area contributed by atoms with Crippen LogP contribution < -0.4 is 0 Å². The van der Waals surface area contributed by atoms with Crippen molar-refractivity contribution in [3.63, 3.8) is 0 Å². The van der Waals surface area contributed by atoms with Crippen molar-refractivity contribution in [3.8, 4) is 0 Å². The van der Waals surface area contributed by atoms with E-state index in [0.717, 1.165) is 19.3 Å². The van der Waals surface area contributed by atoms with Crippen LogP contribution in [0.5, 0.6) is 0 Å². The maximum Gasteiger partial charge on any atom is 0.316 e. The van der Waals surface area contributed by atoms with Gasteiger partial charge in [0, 0.05) is 0 Å². The fraction of sp³-hybridized carbons (Fsp3) is 0.400. The summed E-state index contributed by atoms with van der Waals surface area (Å²) in [4.78, 5) is 11.4. The number of aryl methyl sites for hydroxylation is 1. The minimum absolute atomic E-state index is 0.00859. The lowest BCUT2D eigenvalue weighted by atomic mass is 10.1. The van der Waals surface area contributed by atoms with Crippen molar-refractivity contribution < 1.29 is 9.53 Å². The molecule has 0 fully saturated rings. The number of carbonyl (C=O) groups excluding carboxylic acids is 1. The summed E-state index contributed by atoms with van der Waals surface area (Å²) in [6.07, 6.45) is 5.21. The number of hydrogen-bond acceptors (Lipinski definition) is 2. The molecular weight excluding hydrogens is 212 g/mol. The molecule has 2 heteroatoms. The lowest BCUT2D eigenvalue weighted by molar-refractivity contribution is -0.144. The molecular formula is C15H18O2. The molecule has 0 aliphatic heterocycles. The molecule has 1 aromatic rings. The molecule has 0 heterocycles. The van der Waals surface area contributed by atoms with Crippen molar-refractivity contribution in [2.45, 2.75) is 26.2 Å². The van der Waals surface area contributed by atoms with Crippen LogP contribution in [-0.4, -0.2) is 12.6 Å². The second-order valence-electron chi connectivity index (χ2n) is 4.31. The van der Waals surface area contributed by atoms with E-state index in [0.29, 0.717) is 6.61 Å². The quantitative estimate of drug-likeness (QED) is 0.554. The first-order valence-corrected chi connectivity index (χ1v) is 6.22. The number of esters is 1. The molecule has 1 unspecified atom stereocenters. The van der Waals surface area contributed by atoms with Gasteiger partial charge < -0.3 is 4.74 Å². The summed E-state index contributed by atoms with van der Waals surface area (Å²) in [6.45, 7) is 2.32. The van der Waals surface area contributed by atoms with E-state index in [1.54, 1.807) is 0 Å². The minimum Gasteiger partial charge on any atom is -0.465 e. The molecule has 2 rings (SSSR count). The number of ether oxygens (including phenoxy) is 1. The van der Waals surface area contributed by atoms with Crippen molar-refractivity contribution in [2.75, 3.05) is 6.61 Å². The lowest BCUT2D eigenvalue weighted by Gasteiger charge is -2.02. The van der Waals surface area contributed by atoms with Gasteiger partial charge in [0.25, 0.3) is 0 Å². The summed E-state index contributed by atoms with van der Waals surface area (Å²) in [7, 11) is 0. The molecule has 1 aliphatic carbocycles. The van der Waals surface area contributed by atoms with Gasteiger partial charge in [0.15, 0.2) is 0 Å². The fourth-order valence-corrected chi connectivity index (χ4v) is 2.00. The van der Waals surface area contributed by atoms with Crippen molar-refractivity contribution in [1.29, 1.82) is 0 Å². The van der Waals surface area contributed by atoms with E-state index < -0.39 is 0 Å². The number of rotatable bonds is 6. The van der Waals surface area contributed by atoms with E-state index in [4.69, 9.17) is 4.74 Å². The van der Waals surface area contributed by atoms with Gasteiger partial charge in [-0.3, -0.25) is 4.79 Å². The Morgan fingerprint density at radius 2 is 2.00 bits per heavy atom. The van der Waals surface area contributed by atoms with E-state index in [9.17, 15) is 4.79 Å². The van der Waals surface area contributed by atoms with Gasteiger partial charge in [-0.05, 0) is 31.7 Å². The lowest BCUT2D eigenvalue weighted by Crippen LogP contribution is -2.08. The van der Waals surface area contributed by atoms with Crippen LogP contribution in [0.2, 0.25) is 0 Å². The Balaban J connectivity index is 1.65. The number of carbonyl (C=O) groups is 1. The zero-order valence-electron chi connectivity index (χ0n) is 10.2. The van der Waals surface area contributed by atoms with E-state index in [1.165, 1.54) is 11.1 Å². The first-order chi connectivity index (χ1) is 8.31. The maximum absolute atomic E-state index is 11.4. The summed E-state index contributed by atoms with van der Waals surface area (Å²) in [5.74, 6) is -0.0899. The molecule has 0 aromatic heterocycles. The van der Waals surface area contributed by atoms with Crippen LogP contribution in [-0.2, 0) is 16.0 Å². The zero-order chi connectivity index (χ0) is 12.1. The highest BCUT2D eigenvalue weighted by atomic mass is 16.5. The van der Waals surface area contributed by atoms with Gasteiger partial charge in [-0.1, -0.05) is 42.0 Å². The smallest absolute Gasteiger partial charge is 0.316 e. The zero-order valence-corrected chi connectivity index (χ0v) is 10.2. The second-order valence-corrected chi connectivity index (χ2v) is 4.31. The largest absolute Gasteiger partial charge is 0.465 e. The highest BCUT2D eigenvalue weighted by Crippen LogP contribution is 2.34. The SMILES string of the molecule is CCOC(=O)C1C=C1CCCc1ccccc1. The Kier molecular flexibility index (Phi) is 3.97. The van der Waals surface area contributed by atoms with Crippen LogP contribution in [0.3, 0.4) is 0 Å². The van der Waals surface area contributed by atoms with Crippen LogP contribution in [0.25, 0.3) is 0 Å². The van der Waals surface area contributed by atoms with Gasteiger partial charge >= 0.3 is 5.97 Å². The summed E-state index contributed by atoms with van der Waals surface area (Å²) in [6, 6.07) is 10.4. The highest BCUT2D eigenvalue weighted by molar-refractivity contribution is 5.83. The Labute approximate surface area is 102 Å². The molecule has 0 saturated carbocycles. The van der Waals surface area contributed by atoms with Gasteiger partial charge in [0.2, 0.25) is 0 Å². The third kappa shape index (κ3) is 3.45. The Bertz CT molecular complexity index is 406. The van der Waals surface area contributed by atoms with Crippen LogP contribution in [0.15, 0.2) is 42.0 Å². The van der Waals surface area contributed by atoms with Crippen LogP contribution >= 0.6 is 0 Å². The standard InChI is InChI=1S/C15H18O2/c1-2-17-15(16)14-11-13(14)10-6-9-12-7-4-3-5-8-12/h3-5,7-8,11,14H,2,6,9-10H2,1H3. The molecule has 0 saturated heterocycles. The predicted octanol–water partition coefficient (Wildman–Crippen LogP) is 3.13. The molecule has 0 bridgehead atoms. The third-order valence-corrected chi connectivity index (χ3v) is 2.99. The van der Waals surface area contributed by atoms with E-state index >= 15 is 0 Å². The number of benzene rings is 1. The molecule has 1 aliphatic rings. The summed E-state index contributed by atoms with van der Waals surface area (Å²) < 4.78 is 4.97. The van der Waals surface area contributed by atoms with Gasteiger partial charge in [0.1, 0.15) is 0 Å². The van der Waals surface area contributed by atoms with Gasteiger partial charge in [-0.2, -0.15) is 0 Å². The van der Waals surface area contributed by atoms with Gasteiger partial charge in [0.05, 0.1) is 12.5 Å². The van der Waals surface area contributed by atoms with Crippen molar-refractivity contribution in [1.82, 2.24) is 0 Å². The topological polar surface area (TPSA) is 26.3 Å². The normalized spacial score (nSPS) is 17.5. The number of hydrogen-bond donors (Lipinski definition) is 0. The minimum atomic E-state index is -0.0813. The molecule has 0 N–H and O–H groups in total. The van der Waals surface area contributed by atoms with Crippen LogP contribution in [0.1, 0.15) is 25.3 Å². The Morgan fingerprint density at radius 3 is 2.71 bits per heavy atom. The van der Waals surface area contributed by atoms with Gasteiger partial charge in [-0.25, -0.2) is 0 Å². The monoisotopic (exact) mass is 230 g/mol. The summed E-state index contributed by atoms with van der Waals surface area (Å²) >= 11 is 0. The van der Waals surface area contributed by atoms with Crippen molar-refractivity contribution >= 4 is 5.97 Å². The van der Waals surface area contributed by atoms with E-state index in [1.807, 2.05) is 19.1 Å². The van der Waals surface area contributed by atoms with Crippen molar-refractivity contribution in [3.05, 3.63) is 47.5 Å². The van der Waals surface area contributed by atoms with Gasteiger partial charge in [-0.15, -0.1) is 0 Å². The molecule has 17 heavy (non-hydrogen) atoms. The fourth-order valence-electron chi connectivity index (χ4n) is 2.00.